The van der Waals surface area contributed by atoms with Crippen molar-refractivity contribution in [3.05, 3.63) is 86.1 Å². The number of ether oxygens (including phenoxy) is 1. The number of rotatable bonds is 7. The van der Waals surface area contributed by atoms with Gasteiger partial charge in [-0.2, -0.15) is 0 Å². The van der Waals surface area contributed by atoms with Crippen LogP contribution in [0.3, 0.4) is 0 Å². The summed E-state index contributed by atoms with van der Waals surface area (Å²) in [5, 5.41) is 18.3. The minimum absolute atomic E-state index is 0.0837. The highest BCUT2D eigenvalue weighted by Crippen LogP contribution is 2.25. The van der Waals surface area contributed by atoms with Crippen molar-refractivity contribution >= 4 is 46.2 Å². The maximum Gasteiger partial charge on any atom is 0.338 e. The van der Waals surface area contributed by atoms with Crippen LogP contribution in [0.15, 0.2) is 60.0 Å². The Morgan fingerprint density at radius 3 is 2.19 bits per heavy atom. The Morgan fingerprint density at radius 1 is 0.968 bits per heavy atom. The second-order valence-electron chi connectivity index (χ2n) is 6.18. The molecule has 0 unspecified atom stereocenters. The Morgan fingerprint density at radius 2 is 1.61 bits per heavy atom. The van der Waals surface area contributed by atoms with Crippen molar-refractivity contribution in [3.8, 4) is 0 Å². The van der Waals surface area contributed by atoms with Crippen LogP contribution < -0.4 is 10.6 Å². The van der Waals surface area contributed by atoms with Crippen molar-refractivity contribution in [1.29, 1.82) is 0 Å². The van der Waals surface area contributed by atoms with Crippen LogP contribution >= 0.6 is 11.3 Å². The third kappa shape index (κ3) is 5.31. The van der Waals surface area contributed by atoms with Gasteiger partial charge < -0.3 is 15.4 Å². The maximum atomic E-state index is 12.8. The number of non-ortho nitro benzene ring substituents is 1. The number of nitro groups is 1. The van der Waals surface area contributed by atoms with Crippen molar-refractivity contribution in [2.24, 2.45) is 0 Å². The second kappa shape index (κ2) is 9.63. The van der Waals surface area contributed by atoms with Gasteiger partial charge in [0.25, 0.3) is 17.5 Å². The Bertz CT molecular complexity index is 1140. The lowest BCUT2D eigenvalue weighted by molar-refractivity contribution is -0.384. The molecule has 0 saturated carbocycles. The smallest absolute Gasteiger partial charge is 0.338 e. The van der Waals surface area contributed by atoms with Crippen molar-refractivity contribution in [3.63, 3.8) is 0 Å². The summed E-state index contributed by atoms with van der Waals surface area (Å²) < 4.78 is 4.87. The van der Waals surface area contributed by atoms with Gasteiger partial charge in [-0.25, -0.2) is 4.79 Å². The van der Waals surface area contributed by atoms with E-state index >= 15 is 0 Å². The maximum absolute atomic E-state index is 12.8. The van der Waals surface area contributed by atoms with Gasteiger partial charge in [0.2, 0.25) is 0 Å². The van der Waals surface area contributed by atoms with E-state index < -0.39 is 22.5 Å². The number of hydrogen-bond donors (Lipinski definition) is 2. The standard InChI is InChI=1S/C21H17N3O6S/c1-2-30-21(27)14-10-13(11-15(12-14)24(28)29)19(25)22-16-6-3-4-7-17(16)23-20(26)18-8-5-9-31-18/h3-12H,2H2,1H3,(H,22,25)(H,23,26). The number of nitrogens with one attached hydrogen (secondary N) is 2. The van der Waals surface area contributed by atoms with E-state index in [1.807, 2.05) is 0 Å². The van der Waals surface area contributed by atoms with Gasteiger partial charge in [-0.05, 0) is 36.6 Å². The van der Waals surface area contributed by atoms with E-state index in [1.165, 1.54) is 17.4 Å². The molecule has 3 aromatic rings. The third-order valence-electron chi connectivity index (χ3n) is 4.07. The van der Waals surface area contributed by atoms with Gasteiger partial charge in [0.1, 0.15) is 0 Å². The lowest BCUT2D eigenvalue weighted by Gasteiger charge is -2.12. The fraction of sp³-hybridized carbons (Fsp3) is 0.0952. The Hall–Kier alpha value is -4.05. The molecule has 0 aliphatic carbocycles. The molecule has 1 heterocycles. The highest BCUT2D eigenvalue weighted by atomic mass is 32.1. The Balaban J connectivity index is 1.87. The molecule has 1 aromatic heterocycles. The molecule has 2 amide bonds. The van der Waals surface area contributed by atoms with Crippen LogP contribution in [0.5, 0.6) is 0 Å². The predicted molar refractivity (Wildman–Crippen MR) is 116 cm³/mol. The van der Waals surface area contributed by atoms with Crippen LogP contribution in [0.4, 0.5) is 17.1 Å². The largest absolute Gasteiger partial charge is 0.462 e. The lowest BCUT2D eigenvalue weighted by atomic mass is 10.1. The molecule has 0 spiro atoms. The van der Waals surface area contributed by atoms with E-state index in [0.717, 1.165) is 12.1 Å². The number of thiophene rings is 1. The molecule has 158 valence electrons. The summed E-state index contributed by atoms with van der Waals surface area (Å²) >= 11 is 1.27. The number of carbonyl (C=O) groups excluding carboxylic acids is 3. The zero-order valence-corrected chi connectivity index (χ0v) is 17.1. The van der Waals surface area contributed by atoms with E-state index in [1.54, 1.807) is 48.7 Å². The number of anilines is 2. The van der Waals surface area contributed by atoms with Gasteiger partial charge in [-0.3, -0.25) is 19.7 Å². The minimum Gasteiger partial charge on any atom is -0.462 e. The van der Waals surface area contributed by atoms with E-state index in [9.17, 15) is 24.5 Å². The van der Waals surface area contributed by atoms with Gasteiger partial charge in [0.15, 0.2) is 0 Å². The minimum atomic E-state index is -0.774. The molecular formula is C21H17N3O6S. The van der Waals surface area contributed by atoms with Crippen molar-refractivity contribution in [2.75, 3.05) is 17.2 Å². The summed E-state index contributed by atoms with van der Waals surface area (Å²) in [6, 6.07) is 13.3. The van der Waals surface area contributed by atoms with Crippen molar-refractivity contribution in [1.82, 2.24) is 0 Å². The molecule has 2 aromatic carbocycles. The number of hydrogen-bond acceptors (Lipinski definition) is 7. The molecule has 10 heteroatoms. The van der Waals surface area contributed by atoms with Crippen LogP contribution in [0.25, 0.3) is 0 Å². The molecule has 0 atom stereocenters. The van der Waals surface area contributed by atoms with Crippen LogP contribution in [0.2, 0.25) is 0 Å². The molecule has 0 fully saturated rings. The van der Waals surface area contributed by atoms with E-state index in [2.05, 4.69) is 10.6 Å². The fourth-order valence-corrected chi connectivity index (χ4v) is 3.29. The number of para-hydroxylation sites is 2. The SMILES string of the molecule is CCOC(=O)c1cc(C(=O)Nc2ccccc2NC(=O)c2cccs2)cc([N+](=O)[O-])c1. The molecule has 3 rings (SSSR count). The Kier molecular flexibility index (Phi) is 6.73. The molecule has 0 bridgehead atoms. The van der Waals surface area contributed by atoms with Crippen LogP contribution in [-0.2, 0) is 4.74 Å². The molecule has 31 heavy (non-hydrogen) atoms. The highest BCUT2D eigenvalue weighted by molar-refractivity contribution is 7.12. The summed E-state index contributed by atoms with van der Waals surface area (Å²) in [5.74, 6) is -1.80. The average molecular weight is 439 g/mol. The molecule has 2 N–H and O–H groups in total. The quantitative estimate of drug-likeness (QED) is 0.320. The topological polar surface area (TPSA) is 128 Å². The lowest BCUT2D eigenvalue weighted by Crippen LogP contribution is -2.17. The Labute approximate surface area is 180 Å². The first-order valence-electron chi connectivity index (χ1n) is 9.11. The number of nitro benzene ring substituents is 1. The number of esters is 1. The van der Waals surface area contributed by atoms with Gasteiger partial charge >= 0.3 is 5.97 Å². The van der Waals surface area contributed by atoms with Crippen LogP contribution in [0.1, 0.15) is 37.3 Å². The number of amides is 2. The zero-order chi connectivity index (χ0) is 22.4. The molecule has 0 aliphatic rings. The summed E-state index contributed by atoms with van der Waals surface area (Å²) in [6.07, 6.45) is 0. The van der Waals surface area contributed by atoms with Gasteiger partial charge in [0.05, 0.1) is 33.3 Å². The van der Waals surface area contributed by atoms with Gasteiger partial charge in [0, 0.05) is 17.7 Å². The summed E-state index contributed by atoms with van der Waals surface area (Å²) in [4.78, 5) is 48.2. The van der Waals surface area contributed by atoms with Crippen molar-refractivity contribution < 1.29 is 24.0 Å². The predicted octanol–water partition coefficient (Wildman–Crippen LogP) is 4.34. The van der Waals surface area contributed by atoms with Crippen molar-refractivity contribution in [2.45, 2.75) is 6.92 Å². The number of nitrogens with zero attached hydrogens (tertiary/aromatic N) is 1. The summed E-state index contributed by atoms with van der Waals surface area (Å²) in [5.41, 5.74) is 0.0130. The average Bonchev–Trinajstić information content (AvgIpc) is 3.30. The number of carbonyl (C=O) groups is 3. The summed E-state index contributed by atoms with van der Waals surface area (Å²) in [7, 11) is 0. The summed E-state index contributed by atoms with van der Waals surface area (Å²) in [6.45, 7) is 1.69. The second-order valence-corrected chi connectivity index (χ2v) is 7.12. The van der Waals surface area contributed by atoms with Crippen LogP contribution in [-0.4, -0.2) is 29.3 Å². The van der Waals surface area contributed by atoms with E-state index in [4.69, 9.17) is 4.74 Å². The first kappa shape index (κ1) is 21.7. The molecule has 0 saturated heterocycles. The normalized spacial score (nSPS) is 10.2. The first-order chi connectivity index (χ1) is 14.9. The highest BCUT2D eigenvalue weighted by Gasteiger charge is 2.20. The van der Waals surface area contributed by atoms with E-state index in [0.29, 0.717) is 16.3 Å². The van der Waals surface area contributed by atoms with Gasteiger partial charge in [-0.1, -0.05) is 18.2 Å². The van der Waals surface area contributed by atoms with Crippen LogP contribution in [0, 0.1) is 10.1 Å². The monoisotopic (exact) mass is 439 g/mol. The molecule has 0 aliphatic heterocycles. The van der Waals surface area contributed by atoms with E-state index in [-0.39, 0.29) is 23.6 Å². The van der Waals surface area contributed by atoms with Gasteiger partial charge in [-0.15, -0.1) is 11.3 Å². The molecule has 9 nitrogen and oxygen atoms in total. The fourth-order valence-electron chi connectivity index (χ4n) is 2.67. The third-order valence-corrected chi connectivity index (χ3v) is 4.94. The number of benzene rings is 2. The molecule has 0 radical (unpaired) electrons. The zero-order valence-electron chi connectivity index (χ0n) is 16.3. The molecular weight excluding hydrogens is 422 g/mol. The first-order valence-corrected chi connectivity index (χ1v) is 9.99.